The summed E-state index contributed by atoms with van der Waals surface area (Å²) in [5.74, 6) is 6.81. The summed E-state index contributed by atoms with van der Waals surface area (Å²) in [6, 6.07) is 12.1. The molecular weight excluding hydrogens is 482 g/mol. The van der Waals surface area contributed by atoms with Crippen molar-refractivity contribution in [3.05, 3.63) is 51.7 Å². The summed E-state index contributed by atoms with van der Waals surface area (Å²) in [5, 5.41) is 0. The second kappa shape index (κ2) is 11.8. The molecule has 0 aliphatic heterocycles. The largest absolute Gasteiger partial charge is 0.465 e. The van der Waals surface area contributed by atoms with E-state index in [-0.39, 0.29) is 29.4 Å². The van der Waals surface area contributed by atoms with E-state index in [4.69, 9.17) is 9.47 Å². The van der Waals surface area contributed by atoms with Gasteiger partial charge in [-0.05, 0) is 76.8 Å². The lowest BCUT2D eigenvalue weighted by Gasteiger charge is -2.44. The number of esters is 1. The monoisotopic (exact) mass is 521 g/mol. The van der Waals surface area contributed by atoms with Gasteiger partial charge in [0.25, 0.3) is 0 Å². The third-order valence-corrected chi connectivity index (χ3v) is 8.29. The average Bonchev–Trinajstić information content (AvgIpc) is 3.27. The van der Waals surface area contributed by atoms with Gasteiger partial charge in [-0.25, -0.2) is 4.79 Å². The molecule has 0 unspecified atom stereocenters. The van der Waals surface area contributed by atoms with Crippen molar-refractivity contribution in [2.45, 2.75) is 85.0 Å². The van der Waals surface area contributed by atoms with E-state index in [1.165, 1.54) is 18.4 Å². The molecule has 1 aromatic heterocycles. The van der Waals surface area contributed by atoms with Gasteiger partial charge >= 0.3 is 5.97 Å². The maximum atomic E-state index is 14.0. The Morgan fingerprint density at radius 1 is 1.08 bits per heavy atom. The van der Waals surface area contributed by atoms with Gasteiger partial charge in [-0.3, -0.25) is 4.79 Å². The molecule has 0 spiro atoms. The van der Waals surface area contributed by atoms with Crippen molar-refractivity contribution in [1.82, 2.24) is 0 Å². The molecule has 1 amide bonds. The zero-order chi connectivity index (χ0) is 26.6. The highest BCUT2D eigenvalue weighted by molar-refractivity contribution is 7.15. The van der Waals surface area contributed by atoms with Crippen molar-refractivity contribution in [3.8, 4) is 11.8 Å². The lowest BCUT2D eigenvalue weighted by Crippen LogP contribution is -2.53. The van der Waals surface area contributed by atoms with Crippen LogP contribution in [0.25, 0.3) is 0 Å². The van der Waals surface area contributed by atoms with E-state index in [1.807, 2.05) is 29.2 Å². The summed E-state index contributed by atoms with van der Waals surface area (Å²) in [6.45, 7) is 8.98. The number of hydrogen-bond donors (Lipinski definition) is 0. The maximum Gasteiger partial charge on any atom is 0.350 e. The number of ether oxygens (including phenoxy) is 2. The molecule has 0 N–H and O–H groups in total. The number of carbonyl (C=O) groups excluding carboxylic acids is 2. The van der Waals surface area contributed by atoms with Gasteiger partial charge < -0.3 is 14.4 Å². The van der Waals surface area contributed by atoms with E-state index >= 15 is 0 Å². The highest BCUT2D eigenvalue weighted by atomic mass is 32.1. The molecule has 6 heteroatoms. The second-order valence-electron chi connectivity index (χ2n) is 11.5. The minimum Gasteiger partial charge on any atom is -0.465 e. The van der Waals surface area contributed by atoms with E-state index in [2.05, 4.69) is 51.7 Å². The second-order valence-corrected chi connectivity index (χ2v) is 12.6. The number of thiophene rings is 1. The summed E-state index contributed by atoms with van der Waals surface area (Å²) in [7, 11) is 1.39. The molecule has 2 aliphatic carbocycles. The molecule has 37 heavy (non-hydrogen) atoms. The predicted molar refractivity (Wildman–Crippen MR) is 149 cm³/mol. The van der Waals surface area contributed by atoms with Crippen LogP contribution in [-0.4, -0.2) is 31.1 Å². The Hall–Kier alpha value is -2.62. The van der Waals surface area contributed by atoms with Gasteiger partial charge in [-0.15, -0.1) is 11.3 Å². The molecule has 5 nitrogen and oxygen atoms in total. The Balaban J connectivity index is 1.59. The summed E-state index contributed by atoms with van der Waals surface area (Å²) in [4.78, 5) is 30.0. The van der Waals surface area contributed by atoms with Crippen LogP contribution in [0.5, 0.6) is 0 Å². The summed E-state index contributed by atoms with van der Waals surface area (Å²) in [6.07, 6.45) is 5.51. The molecule has 1 aromatic carbocycles. The van der Waals surface area contributed by atoms with Gasteiger partial charge in [-0.1, -0.05) is 49.1 Å². The van der Waals surface area contributed by atoms with Gasteiger partial charge in [0.15, 0.2) is 0 Å². The molecule has 198 valence electrons. The molecule has 2 saturated carbocycles. The molecule has 0 radical (unpaired) electrons. The third kappa shape index (κ3) is 7.03. The Morgan fingerprint density at radius 2 is 1.76 bits per heavy atom. The fourth-order valence-corrected chi connectivity index (χ4v) is 5.90. The number of carbonyl (C=O) groups is 2. The fraction of sp³-hybridized carbons (Fsp3) is 0.548. The van der Waals surface area contributed by atoms with Crippen LogP contribution in [0, 0.1) is 29.1 Å². The number of benzene rings is 1. The molecule has 2 aliphatic rings. The predicted octanol–water partition coefficient (Wildman–Crippen LogP) is 6.84. The van der Waals surface area contributed by atoms with Crippen molar-refractivity contribution in [3.63, 3.8) is 0 Å². The van der Waals surface area contributed by atoms with Gasteiger partial charge in [0.1, 0.15) is 4.88 Å². The lowest BCUT2D eigenvalue weighted by atomic mass is 9.80. The summed E-state index contributed by atoms with van der Waals surface area (Å²) in [5.41, 5.74) is 1.62. The number of methoxy groups -OCH3 is 1. The summed E-state index contributed by atoms with van der Waals surface area (Å²) >= 11 is 1.31. The molecule has 0 saturated heterocycles. The molecule has 1 heterocycles. The van der Waals surface area contributed by atoms with Crippen molar-refractivity contribution in [2.75, 3.05) is 12.0 Å². The van der Waals surface area contributed by atoms with E-state index in [0.717, 1.165) is 49.0 Å². The number of nitrogens with zero attached hydrogens (tertiary/aromatic N) is 1. The molecule has 2 aromatic rings. The number of amides is 1. The van der Waals surface area contributed by atoms with Crippen LogP contribution >= 0.6 is 11.3 Å². The van der Waals surface area contributed by atoms with Crippen LogP contribution in [0.15, 0.2) is 36.4 Å². The van der Waals surface area contributed by atoms with Gasteiger partial charge in [-0.2, -0.15) is 0 Å². The Morgan fingerprint density at radius 3 is 2.38 bits per heavy atom. The zero-order valence-electron chi connectivity index (χ0n) is 22.7. The summed E-state index contributed by atoms with van der Waals surface area (Å²) < 4.78 is 11.3. The normalized spacial score (nSPS) is 23.4. The van der Waals surface area contributed by atoms with Crippen LogP contribution in [-0.2, 0) is 20.9 Å². The highest BCUT2D eigenvalue weighted by Crippen LogP contribution is 2.41. The lowest BCUT2D eigenvalue weighted by molar-refractivity contribution is -0.125. The minimum absolute atomic E-state index is 0.00550. The van der Waals surface area contributed by atoms with Crippen molar-refractivity contribution in [2.24, 2.45) is 17.3 Å². The molecule has 0 atom stereocenters. The van der Waals surface area contributed by atoms with Crippen molar-refractivity contribution >= 4 is 28.9 Å². The van der Waals surface area contributed by atoms with Crippen LogP contribution < -0.4 is 4.90 Å². The molecular formula is C31H39NO4S. The molecule has 4 rings (SSSR count). The Labute approximate surface area is 225 Å². The van der Waals surface area contributed by atoms with Crippen molar-refractivity contribution in [1.29, 1.82) is 0 Å². The highest BCUT2D eigenvalue weighted by Gasteiger charge is 2.42. The van der Waals surface area contributed by atoms with Gasteiger partial charge in [0.05, 0.1) is 30.4 Å². The SMILES string of the molecule is COC(=O)c1sc(C#CC(C)(C)C)cc1N(C(=O)C1CCC(C)CC1)C1CC(OCc2ccccc2)C1. The quantitative estimate of drug-likeness (QED) is 0.296. The first-order chi connectivity index (χ1) is 17.6. The minimum atomic E-state index is -0.421. The van der Waals surface area contributed by atoms with Crippen molar-refractivity contribution < 1.29 is 19.1 Å². The smallest absolute Gasteiger partial charge is 0.350 e. The van der Waals surface area contributed by atoms with Gasteiger partial charge in [0.2, 0.25) is 5.91 Å². The molecule has 2 fully saturated rings. The first kappa shape index (κ1) is 27.4. The first-order valence-corrected chi connectivity index (χ1v) is 14.2. The first-order valence-electron chi connectivity index (χ1n) is 13.4. The third-order valence-electron chi connectivity index (χ3n) is 7.27. The van der Waals surface area contributed by atoms with E-state index in [0.29, 0.717) is 23.1 Å². The number of hydrogen-bond acceptors (Lipinski definition) is 5. The van der Waals surface area contributed by atoms with E-state index < -0.39 is 5.97 Å². The van der Waals surface area contributed by atoms with E-state index in [9.17, 15) is 9.59 Å². The number of rotatable bonds is 7. The molecule has 0 bridgehead atoms. The fourth-order valence-electron chi connectivity index (χ4n) is 4.98. The Kier molecular flexibility index (Phi) is 8.77. The van der Waals surface area contributed by atoms with Crippen LogP contribution in [0.1, 0.15) is 86.3 Å². The van der Waals surface area contributed by atoms with Gasteiger partial charge in [0, 0.05) is 17.4 Å². The average molecular weight is 522 g/mol. The maximum absolute atomic E-state index is 14.0. The van der Waals surface area contributed by atoms with Crippen LogP contribution in [0.4, 0.5) is 5.69 Å². The number of anilines is 1. The Bertz CT molecular complexity index is 1140. The topological polar surface area (TPSA) is 55.8 Å². The van der Waals surface area contributed by atoms with Crippen LogP contribution in [0.2, 0.25) is 0 Å². The van der Waals surface area contributed by atoms with Crippen LogP contribution in [0.3, 0.4) is 0 Å². The zero-order valence-corrected chi connectivity index (χ0v) is 23.5. The van der Waals surface area contributed by atoms with E-state index in [1.54, 1.807) is 0 Å². The standard InChI is InChI=1S/C31H39NO4S/c1-21-11-13-23(14-12-21)29(33)32(24-17-25(18-24)36-20-22-9-7-6-8-10-22)27-19-26(15-16-31(2,3)4)37-28(27)30(34)35-5/h6-10,19,21,23-25H,11-14,17-18,20H2,1-5H3.